The average Bonchev–Trinajstić information content (AvgIpc) is 2.84. The maximum atomic E-state index is 12.7. The zero-order valence-electron chi connectivity index (χ0n) is 16.6. The van der Waals surface area contributed by atoms with Crippen LogP contribution in [0.4, 0.5) is 0 Å². The van der Waals surface area contributed by atoms with E-state index < -0.39 is 11.9 Å². The normalized spacial score (nSPS) is 10.8. The predicted octanol–water partition coefficient (Wildman–Crippen LogP) is 4.62. The Hall–Kier alpha value is -4.65. The van der Waals surface area contributed by atoms with Gasteiger partial charge in [-0.1, -0.05) is 42.5 Å². The number of rotatable bonds is 4. The summed E-state index contributed by atoms with van der Waals surface area (Å²) in [5, 5.41) is 1.68. The van der Waals surface area contributed by atoms with Gasteiger partial charge in [0.15, 0.2) is 11.5 Å². The highest BCUT2D eigenvalue weighted by molar-refractivity contribution is 5.96. The SMILES string of the molecule is O=C(Oc1cccc2cccnc12)c1cccc(C(=O)Oc2cccc3cccnc23)n1. The molecule has 0 radical (unpaired) electrons. The second-order valence-corrected chi connectivity index (χ2v) is 6.85. The van der Waals surface area contributed by atoms with E-state index in [-0.39, 0.29) is 11.4 Å². The number of hydrogen-bond acceptors (Lipinski definition) is 7. The topological polar surface area (TPSA) is 91.3 Å². The van der Waals surface area contributed by atoms with Crippen molar-refractivity contribution >= 4 is 33.7 Å². The third kappa shape index (κ3) is 3.75. The van der Waals surface area contributed by atoms with Gasteiger partial charge in [0.1, 0.15) is 22.4 Å². The third-order valence-corrected chi connectivity index (χ3v) is 4.76. The van der Waals surface area contributed by atoms with Crippen molar-refractivity contribution in [3.63, 3.8) is 0 Å². The van der Waals surface area contributed by atoms with Crippen molar-refractivity contribution in [2.24, 2.45) is 0 Å². The standard InChI is InChI=1S/C25H15N3O4/c29-24(31-20-12-1-6-16-8-4-14-26-22(16)20)18-10-3-11-19(28-18)25(30)32-21-13-2-7-17-9-5-15-27-23(17)21/h1-15H. The molecule has 0 amide bonds. The summed E-state index contributed by atoms with van der Waals surface area (Å²) in [6.45, 7) is 0. The largest absolute Gasteiger partial charge is 0.419 e. The number of carbonyl (C=O) groups is 2. The molecule has 0 fully saturated rings. The van der Waals surface area contributed by atoms with Crippen LogP contribution in [0.1, 0.15) is 21.0 Å². The van der Waals surface area contributed by atoms with Gasteiger partial charge in [0.25, 0.3) is 0 Å². The fourth-order valence-corrected chi connectivity index (χ4v) is 3.28. The Morgan fingerprint density at radius 3 is 1.50 bits per heavy atom. The summed E-state index contributed by atoms with van der Waals surface area (Å²) in [6, 6.07) is 22.4. The van der Waals surface area contributed by atoms with Gasteiger partial charge in [-0.2, -0.15) is 0 Å². The number of fused-ring (bicyclic) bond motifs is 2. The lowest BCUT2D eigenvalue weighted by Gasteiger charge is -2.08. The van der Waals surface area contributed by atoms with Crippen LogP contribution in [0.2, 0.25) is 0 Å². The lowest BCUT2D eigenvalue weighted by Crippen LogP contribution is -2.16. The maximum absolute atomic E-state index is 12.7. The van der Waals surface area contributed by atoms with Gasteiger partial charge in [-0.3, -0.25) is 9.97 Å². The summed E-state index contributed by atoms with van der Waals surface area (Å²) in [5.41, 5.74) is 1.07. The zero-order valence-corrected chi connectivity index (χ0v) is 16.6. The quantitative estimate of drug-likeness (QED) is 0.309. The maximum Gasteiger partial charge on any atom is 0.362 e. The minimum Gasteiger partial charge on any atom is -0.419 e. The molecule has 0 bridgehead atoms. The van der Waals surface area contributed by atoms with Crippen LogP contribution >= 0.6 is 0 Å². The molecule has 0 aliphatic carbocycles. The molecule has 7 nitrogen and oxygen atoms in total. The first-order valence-corrected chi connectivity index (χ1v) is 9.78. The minimum atomic E-state index is -0.704. The van der Waals surface area contributed by atoms with E-state index in [1.807, 2.05) is 24.3 Å². The van der Waals surface area contributed by atoms with Crippen LogP contribution in [0.3, 0.4) is 0 Å². The highest BCUT2D eigenvalue weighted by Gasteiger charge is 2.18. The third-order valence-electron chi connectivity index (χ3n) is 4.76. The molecule has 5 aromatic rings. The predicted molar refractivity (Wildman–Crippen MR) is 118 cm³/mol. The first-order chi connectivity index (χ1) is 15.7. The van der Waals surface area contributed by atoms with E-state index in [1.54, 1.807) is 54.9 Å². The van der Waals surface area contributed by atoms with Crippen LogP contribution in [0, 0.1) is 0 Å². The molecule has 0 aliphatic rings. The lowest BCUT2D eigenvalue weighted by atomic mass is 10.2. The van der Waals surface area contributed by atoms with Crippen LogP contribution in [0.5, 0.6) is 11.5 Å². The molecule has 32 heavy (non-hydrogen) atoms. The number of aromatic nitrogens is 3. The van der Waals surface area contributed by atoms with E-state index in [0.29, 0.717) is 22.5 Å². The van der Waals surface area contributed by atoms with Crippen LogP contribution in [-0.4, -0.2) is 26.9 Å². The monoisotopic (exact) mass is 421 g/mol. The van der Waals surface area contributed by atoms with Crippen LogP contribution in [0.25, 0.3) is 21.8 Å². The van der Waals surface area contributed by atoms with E-state index in [1.165, 1.54) is 12.1 Å². The Morgan fingerprint density at radius 1 is 0.562 bits per heavy atom. The van der Waals surface area contributed by atoms with E-state index in [4.69, 9.17) is 9.47 Å². The molecule has 2 aromatic carbocycles. The average molecular weight is 421 g/mol. The fourth-order valence-electron chi connectivity index (χ4n) is 3.28. The van der Waals surface area contributed by atoms with Gasteiger partial charge in [-0.25, -0.2) is 14.6 Å². The van der Waals surface area contributed by atoms with Crippen molar-refractivity contribution in [3.8, 4) is 11.5 Å². The van der Waals surface area contributed by atoms with Crippen molar-refractivity contribution in [1.29, 1.82) is 0 Å². The molecule has 5 rings (SSSR count). The first-order valence-electron chi connectivity index (χ1n) is 9.78. The summed E-state index contributed by atoms with van der Waals surface area (Å²) in [4.78, 5) is 38.1. The molecule has 0 unspecified atom stereocenters. The molecule has 0 spiro atoms. The number of ether oxygens (including phenoxy) is 2. The number of esters is 2. The molecule has 0 aliphatic heterocycles. The highest BCUT2D eigenvalue weighted by Crippen LogP contribution is 2.25. The number of hydrogen-bond donors (Lipinski definition) is 0. The summed E-state index contributed by atoms with van der Waals surface area (Å²) >= 11 is 0. The smallest absolute Gasteiger partial charge is 0.362 e. The molecule has 154 valence electrons. The molecule has 3 heterocycles. The summed E-state index contributed by atoms with van der Waals surface area (Å²) in [7, 11) is 0. The number of pyridine rings is 3. The Labute approximate surface area is 182 Å². The summed E-state index contributed by atoms with van der Waals surface area (Å²) in [6.07, 6.45) is 3.24. The molecule has 0 atom stereocenters. The highest BCUT2D eigenvalue weighted by atomic mass is 16.5. The van der Waals surface area contributed by atoms with Gasteiger partial charge in [0.2, 0.25) is 0 Å². The van der Waals surface area contributed by atoms with E-state index in [0.717, 1.165) is 10.8 Å². The lowest BCUT2D eigenvalue weighted by molar-refractivity contribution is 0.0724. The van der Waals surface area contributed by atoms with Gasteiger partial charge >= 0.3 is 11.9 Å². The van der Waals surface area contributed by atoms with Crippen molar-refractivity contribution in [2.45, 2.75) is 0 Å². The van der Waals surface area contributed by atoms with Gasteiger partial charge in [-0.05, 0) is 36.4 Å². The van der Waals surface area contributed by atoms with Crippen LogP contribution in [0.15, 0.2) is 91.3 Å². The van der Waals surface area contributed by atoms with E-state index in [2.05, 4.69) is 15.0 Å². The molecule has 0 saturated carbocycles. The second kappa shape index (κ2) is 8.23. The summed E-state index contributed by atoms with van der Waals surface area (Å²) in [5.74, 6) is -0.788. The number of carbonyl (C=O) groups excluding carboxylic acids is 2. The van der Waals surface area contributed by atoms with E-state index in [9.17, 15) is 9.59 Å². The minimum absolute atomic E-state index is 0.0246. The Balaban J connectivity index is 1.39. The Morgan fingerprint density at radius 2 is 1.00 bits per heavy atom. The number of para-hydroxylation sites is 2. The van der Waals surface area contributed by atoms with Gasteiger partial charge in [0.05, 0.1) is 0 Å². The second-order valence-electron chi connectivity index (χ2n) is 6.85. The van der Waals surface area contributed by atoms with Gasteiger partial charge < -0.3 is 9.47 Å². The summed E-state index contributed by atoms with van der Waals surface area (Å²) < 4.78 is 11.0. The van der Waals surface area contributed by atoms with Crippen molar-refractivity contribution in [2.75, 3.05) is 0 Å². The number of nitrogens with zero attached hydrogens (tertiary/aromatic N) is 3. The van der Waals surface area contributed by atoms with Crippen molar-refractivity contribution < 1.29 is 19.1 Å². The number of benzene rings is 2. The Kier molecular flexibility index (Phi) is 4.97. The van der Waals surface area contributed by atoms with Crippen LogP contribution < -0.4 is 9.47 Å². The molecule has 7 heteroatoms. The molecule has 0 saturated heterocycles. The van der Waals surface area contributed by atoms with Gasteiger partial charge in [0, 0.05) is 23.2 Å². The van der Waals surface area contributed by atoms with E-state index >= 15 is 0 Å². The fraction of sp³-hybridized carbons (Fsp3) is 0. The first kappa shape index (κ1) is 19.3. The van der Waals surface area contributed by atoms with Crippen molar-refractivity contribution in [3.05, 3.63) is 103 Å². The molecule has 3 aromatic heterocycles. The molecular formula is C25H15N3O4. The molecule has 0 N–H and O–H groups in total. The van der Waals surface area contributed by atoms with Crippen LogP contribution in [-0.2, 0) is 0 Å². The zero-order chi connectivity index (χ0) is 21.9. The Bertz CT molecular complexity index is 1360. The van der Waals surface area contributed by atoms with Gasteiger partial charge in [-0.15, -0.1) is 0 Å². The van der Waals surface area contributed by atoms with Crippen molar-refractivity contribution in [1.82, 2.24) is 15.0 Å². The molecular weight excluding hydrogens is 406 g/mol.